The van der Waals surface area contributed by atoms with Crippen LogP contribution in [0.2, 0.25) is 0 Å². The summed E-state index contributed by atoms with van der Waals surface area (Å²) >= 11 is 0. The van der Waals surface area contributed by atoms with Gasteiger partial charge in [-0.3, -0.25) is 4.99 Å². The van der Waals surface area contributed by atoms with Gasteiger partial charge in [-0.05, 0) is 26.1 Å². The fourth-order valence-corrected chi connectivity index (χ4v) is 2.38. The molecule has 0 radical (unpaired) electrons. The molecule has 1 aliphatic rings. The van der Waals surface area contributed by atoms with E-state index in [1.54, 1.807) is 7.11 Å². The number of methoxy groups -OCH3 is 1. The average molecular weight is 350 g/mol. The summed E-state index contributed by atoms with van der Waals surface area (Å²) in [5.41, 5.74) is 0.927. The van der Waals surface area contributed by atoms with Crippen molar-refractivity contribution in [2.45, 2.75) is 13.3 Å². The highest BCUT2D eigenvalue weighted by atomic mass is 16.5. The van der Waals surface area contributed by atoms with Gasteiger partial charge in [0.1, 0.15) is 0 Å². The van der Waals surface area contributed by atoms with Gasteiger partial charge in [-0.25, -0.2) is 0 Å². The smallest absolute Gasteiger partial charge is 0.195 e. The molecule has 0 saturated heterocycles. The van der Waals surface area contributed by atoms with Gasteiger partial charge in [0.15, 0.2) is 17.5 Å². The van der Waals surface area contributed by atoms with Crippen LogP contribution in [-0.2, 0) is 4.74 Å². The Hall–Kier alpha value is -1.99. The molecule has 25 heavy (non-hydrogen) atoms. The lowest BCUT2D eigenvalue weighted by atomic mass is 10.3. The maximum Gasteiger partial charge on any atom is 0.195 e. The van der Waals surface area contributed by atoms with Gasteiger partial charge in [-0.1, -0.05) is 0 Å². The van der Waals surface area contributed by atoms with E-state index in [1.807, 2.05) is 18.2 Å². The first kappa shape index (κ1) is 19.3. The van der Waals surface area contributed by atoms with Crippen LogP contribution >= 0.6 is 0 Å². The van der Waals surface area contributed by atoms with Crippen LogP contribution in [0, 0.1) is 0 Å². The van der Waals surface area contributed by atoms with Crippen LogP contribution in [0.1, 0.15) is 13.3 Å². The van der Waals surface area contributed by atoms with Crippen molar-refractivity contribution < 1.29 is 14.2 Å². The Morgan fingerprint density at radius 1 is 1.24 bits per heavy atom. The van der Waals surface area contributed by atoms with E-state index in [0.29, 0.717) is 19.8 Å². The first-order valence-electron chi connectivity index (χ1n) is 8.85. The molecule has 140 valence electrons. The number of aliphatic imine (C=N–C) groups is 1. The molecular formula is C18H30N4O3. The van der Waals surface area contributed by atoms with Crippen LogP contribution in [-0.4, -0.2) is 71.0 Å². The third-order valence-electron chi connectivity index (χ3n) is 3.78. The second-order valence-electron chi connectivity index (χ2n) is 5.89. The fourth-order valence-electron chi connectivity index (χ4n) is 2.38. The van der Waals surface area contributed by atoms with E-state index in [9.17, 15) is 0 Å². The molecule has 2 N–H and O–H groups in total. The molecule has 0 aromatic heterocycles. The lowest BCUT2D eigenvalue weighted by Gasteiger charge is -2.16. The van der Waals surface area contributed by atoms with Crippen molar-refractivity contribution in [3.8, 4) is 11.5 Å². The van der Waals surface area contributed by atoms with Crippen LogP contribution < -0.4 is 20.1 Å². The summed E-state index contributed by atoms with van der Waals surface area (Å²) in [4.78, 5) is 6.83. The van der Waals surface area contributed by atoms with Crippen molar-refractivity contribution in [2.75, 3.05) is 65.5 Å². The molecule has 1 aromatic carbocycles. The number of hydrogen-bond acceptors (Lipinski definition) is 5. The highest BCUT2D eigenvalue weighted by molar-refractivity contribution is 5.93. The Labute approximate surface area is 150 Å². The number of guanidine groups is 1. The molecule has 7 nitrogen and oxygen atoms in total. The topological polar surface area (TPSA) is 67.4 Å². The number of nitrogens with one attached hydrogen (secondary N) is 2. The maximum absolute atomic E-state index is 5.74. The van der Waals surface area contributed by atoms with Crippen LogP contribution in [0.4, 0.5) is 5.69 Å². The maximum atomic E-state index is 5.74. The van der Waals surface area contributed by atoms with Gasteiger partial charge in [0.2, 0.25) is 0 Å². The van der Waals surface area contributed by atoms with Crippen molar-refractivity contribution in [2.24, 2.45) is 4.99 Å². The minimum atomic E-state index is 0.679. The third kappa shape index (κ3) is 6.80. The molecule has 0 bridgehead atoms. The summed E-state index contributed by atoms with van der Waals surface area (Å²) in [5, 5.41) is 6.59. The minimum absolute atomic E-state index is 0.679. The number of nitrogens with zero attached hydrogens (tertiary/aromatic N) is 2. The molecule has 0 saturated carbocycles. The molecule has 0 unspecified atom stereocenters. The SMILES string of the molecule is CCNC(=NCCN(C)CCOC)Nc1ccc2c(c1)OCCCO2. The van der Waals surface area contributed by atoms with Crippen molar-refractivity contribution >= 4 is 11.6 Å². The number of rotatable bonds is 8. The van der Waals surface area contributed by atoms with Gasteiger partial charge in [0.25, 0.3) is 0 Å². The van der Waals surface area contributed by atoms with Crippen molar-refractivity contribution in [3.63, 3.8) is 0 Å². The molecule has 0 aliphatic carbocycles. The first-order valence-corrected chi connectivity index (χ1v) is 8.85. The van der Waals surface area contributed by atoms with E-state index >= 15 is 0 Å². The van der Waals surface area contributed by atoms with E-state index in [4.69, 9.17) is 14.2 Å². The van der Waals surface area contributed by atoms with Gasteiger partial charge in [-0.2, -0.15) is 0 Å². The monoisotopic (exact) mass is 350 g/mol. The second-order valence-corrected chi connectivity index (χ2v) is 5.89. The third-order valence-corrected chi connectivity index (χ3v) is 3.78. The van der Waals surface area contributed by atoms with Gasteiger partial charge >= 0.3 is 0 Å². The highest BCUT2D eigenvalue weighted by Gasteiger charge is 2.11. The summed E-state index contributed by atoms with van der Waals surface area (Å²) in [7, 11) is 3.78. The molecule has 1 aromatic rings. The first-order chi connectivity index (χ1) is 12.2. The van der Waals surface area contributed by atoms with Crippen LogP contribution in [0.3, 0.4) is 0 Å². The number of likely N-dealkylation sites (N-methyl/N-ethyl adjacent to an activating group) is 1. The van der Waals surface area contributed by atoms with E-state index in [0.717, 1.165) is 55.8 Å². The summed E-state index contributed by atoms with van der Waals surface area (Å²) in [6.45, 7) is 7.44. The summed E-state index contributed by atoms with van der Waals surface area (Å²) in [5.74, 6) is 2.33. The van der Waals surface area contributed by atoms with E-state index in [1.165, 1.54) is 0 Å². The van der Waals surface area contributed by atoms with Crippen molar-refractivity contribution in [1.82, 2.24) is 10.2 Å². The van der Waals surface area contributed by atoms with Crippen molar-refractivity contribution in [1.29, 1.82) is 0 Å². The zero-order chi connectivity index (χ0) is 17.9. The summed E-state index contributed by atoms with van der Waals surface area (Å²) < 4.78 is 16.5. The summed E-state index contributed by atoms with van der Waals surface area (Å²) in [6.07, 6.45) is 0.901. The average Bonchev–Trinajstić information content (AvgIpc) is 2.85. The molecule has 0 amide bonds. The van der Waals surface area contributed by atoms with Gasteiger partial charge in [0, 0.05) is 44.9 Å². The van der Waals surface area contributed by atoms with E-state index in [-0.39, 0.29) is 0 Å². The Balaban J connectivity index is 1.93. The molecule has 1 heterocycles. The fraction of sp³-hybridized carbons (Fsp3) is 0.611. The lowest BCUT2D eigenvalue weighted by molar-refractivity contribution is 0.163. The van der Waals surface area contributed by atoms with Gasteiger partial charge in [0.05, 0.1) is 26.4 Å². The Kier molecular flexibility index (Phi) is 8.34. The molecular weight excluding hydrogens is 320 g/mol. The molecule has 2 rings (SSSR count). The molecule has 0 fully saturated rings. The van der Waals surface area contributed by atoms with Crippen LogP contribution in [0.5, 0.6) is 11.5 Å². The Morgan fingerprint density at radius 3 is 2.80 bits per heavy atom. The molecule has 7 heteroatoms. The minimum Gasteiger partial charge on any atom is -0.490 e. The molecule has 0 atom stereocenters. The summed E-state index contributed by atoms with van der Waals surface area (Å²) in [6, 6.07) is 5.87. The predicted octanol–water partition coefficient (Wildman–Crippen LogP) is 1.80. The van der Waals surface area contributed by atoms with Crippen LogP contribution in [0.25, 0.3) is 0 Å². The number of anilines is 1. The second kappa shape index (κ2) is 10.8. The zero-order valence-electron chi connectivity index (χ0n) is 15.5. The normalized spacial score (nSPS) is 14.3. The molecule has 0 spiro atoms. The molecule has 1 aliphatic heterocycles. The van der Waals surface area contributed by atoms with Crippen LogP contribution in [0.15, 0.2) is 23.2 Å². The largest absolute Gasteiger partial charge is 0.490 e. The Morgan fingerprint density at radius 2 is 2.04 bits per heavy atom. The highest BCUT2D eigenvalue weighted by Crippen LogP contribution is 2.32. The van der Waals surface area contributed by atoms with E-state index in [2.05, 4.69) is 34.5 Å². The number of hydrogen-bond donors (Lipinski definition) is 2. The zero-order valence-corrected chi connectivity index (χ0v) is 15.5. The predicted molar refractivity (Wildman–Crippen MR) is 101 cm³/mol. The number of ether oxygens (including phenoxy) is 3. The number of fused-ring (bicyclic) bond motifs is 1. The van der Waals surface area contributed by atoms with E-state index < -0.39 is 0 Å². The van der Waals surface area contributed by atoms with Crippen molar-refractivity contribution in [3.05, 3.63) is 18.2 Å². The Bertz CT molecular complexity index is 551. The quantitative estimate of drug-likeness (QED) is 0.550. The number of benzene rings is 1. The standard InChI is InChI=1S/C18H30N4O3/c1-4-19-18(20-8-9-22(2)10-13-23-3)21-15-6-7-16-17(14-15)25-12-5-11-24-16/h6-7,14H,4-5,8-13H2,1-3H3,(H2,19,20,21). The lowest BCUT2D eigenvalue weighted by Crippen LogP contribution is -2.32. The van der Waals surface area contributed by atoms with Gasteiger partial charge < -0.3 is 29.7 Å². The van der Waals surface area contributed by atoms with Gasteiger partial charge in [-0.15, -0.1) is 0 Å².